The van der Waals surface area contributed by atoms with Crippen LogP contribution in [-0.4, -0.2) is 55.4 Å². The van der Waals surface area contributed by atoms with E-state index in [4.69, 9.17) is 23.2 Å². The van der Waals surface area contributed by atoms with Crippen molar-refractivity contribution in [3.05, 3.63) is 104 Å². The first-order valence-electron chi connectivity index (χ1n) is 13.4. The van der Waals surface area contributed by atoms with Crippen molar-refractivity contribution in [2.75, 3.05) is 23.7 Å². The number of nitrogens with zero attached hydrogens (tertiary/aromatic N) is 3. The Labute approximate surface area is 261 Å². The molecule has 0 heterocycles. The Hall–Kier alpha value is -3.67. The first kappa shape index (κ1) is 33.8. The summed E-state index contributed by atoms with van der Waals surface area (Å²) >= 11 is 12.6. The van der Waals surface area contributed by atoms with E-state index >= 15 is 0 Å². The van der Waals surface area contributed by atoms with E-state index in [-0.39, 0.29) is 35.3 Å². The second-order valence-electron chi connectivity index (χ2n) is 10.6. The molecule has 1 N–H and O–H groups in total. The minimum absolute atomic E-state index is 0.0154. The van der Waals surface area contributed by atoms with Crippen LogP contribution in [0.1, 0.15) is 30.5 Å². The number of anilines is 1. The van der Waals surface area contributed by atoms with Gasteiger partial charge in [-0.2, -0.15) is 0 Å². The zero-order chi connectivity index (χ0) is 31.9. The number of nitrogens with one attached hydrogen (secondary N) is 1. The van der Waals surface area contributed by atoms with Crippen molar-refractivity contribution in [3.8, 4) is 0 Å². The molecular formula is C30H34Cl2N4O6S. The van der Waals surface area contributed by atoms with Gasteiger partial charge in [0.1, 0.15) is 12.6 Å². The second kappa shape index (κ2) is 14.7. The van der Waals surface area contributed by atoms with Crippen LogP contribution in [0.5, 0.6) is 0 Å². The number of nitro benzene ring substituents is 1. The maximum absolute atomic E-state index is 14.2. The van der Waals surface area contributed by atoms with Gasteiger partial charge in [0.15, 0.2) is 0 Å². The summed E-state index contributed by atoms with van der Waals surface area (Å²) in [5.74, 6) is -0.995. The number of benzene rings is 3. The number of nitro groups is 1. The van der Waals surface area contributed by atoms with Gasteiger partial charge in [-0.05, 0) is 41.7 Å². The molecule has 230 valence electrons. The molecule has 0 spiro atoms. The summed E-state index contributed by atoms with van der Waals surface area (Å²) in [6.45, 7) is 4.98. The number of amides is 2. The fraction of sp³-hybridized carbons (Fsp3) is 0.333. The molecular weight excluding hydrogens is 615 g/mol. The third kappa shape index (κ3) is 9.41. The number of hydrogen-bond acceptors (Lipinski definition) is 6. The summed E-state index contributed by atoms with van der Waals surface area (Å²) in [5.41, 5.74) is 1.33. The number of halogens is 2. The predicted molar refractivity (Wildman–Crippen MR) is 169 cm³/mol. The van der Waals surface area contributed by atoms with Crippen LogP contribution in [0.2, 0.25) is 10.0 Å². The Kier molecular flexibility index (Phi) is 11.5. The number of non-ortho nitro benzene ring substituents is 1. The SMILES string of the molecule is Cc1ccc([N+](=O)[O-])cc1N(CC(=O)N(Cc1ccc(Cl)cc1Cl)[C@H](Cc1ccccc1)C(=O)NCC(C)C)S(C)(=O)=O. The highest BCUT2D eigenvalue weighted by Crippen LogP contribution is 2.29. The fourth-order valence-electron chi connectivity index (χ4n) is 4.38. The van der Waals surface area contributed by atoms with Crippen LogP contribution in [0.25, 0.3) is 0 Å². The Morgan fingerprint density at radius 1 is 1.02 bits per heavy atom. The van der Waals surface area contributed by atoms with Gasteiger partial charge in [0.25, 0.3) is 5.69 Å². The summed E-state index contributed by atoms with van der Waals surface area (Å²) in [6.07, 6.45) is 1.05. The second-order valence-corrected chi connectivity index (χ2v) is 13.3. The number of rotatable bonds is 13. The van der Waals surface area contributed by atoms with Crippen molar-refractivity contribution in [1.82, 2.24) is 10.2 Å². The van der Waals surface area contributed by atoms with Crippen LogP contribution in [0.3, 0.4) is 0 Å². The lowest BCUT2D eigenvalue weighted by Gasteiger charge is -2.34. The average molecular weight is 650 g/mol. The van der Waals surface area contributed by atoms with Crippen molar-refractivity contribution < 1.29 is 22.9 Å². The maximum atomic E-state index is 14.2. The molecule has 0 aliphatic carbocycles. The van der Waals surface area contributed by atoms with Crippen molar-refractivity contribution in [2.24, 2.45) is 5.92 Å². The van der Waals surface area contributed by atoms with Crippen molar-refractivity contribution >= 4 is 56.4 Å². The highest BCUT2D eigenvalue weighted by Gasteiger charge is 2.34. The maximum Gasteiger partial charge on any atom is 0.271 e. The van der Waals surface area contributed by atoms with E-state index in [2.05, 4.69) is 5.32 Å². The molecule has 0 bridgehead atoms. The zero-order valence-electron chi connectivity index (χ0n) is 24.3. The van der Waals surface area contributed by atoms with Crippen molar-refractivity contribution in [3.63, 3.8) is 0 Å². The van der Waals surface area contributed by atoms with Gasteiger partial charge in [-0.25, -0.2) is 8.42 Å². The molecule has 43 heavy (non-hydrogen) atoms. The summed E-state index contributed by atoms with van der Waals surface area (Å²) in [7, 11) is -4.11. The van der Waals surface area contributed by atoms with E-state index in [0.717, 1.165) is 22.2 Å². The van der Waals surface area contributed by atoms with Crippen LogP contribution in [0.4, 0.5) is 11.4 Å². The third-order valence-corrected chi connectivity index (χ3v) is 8.38. The highest BCUT2D eigenvalue weighted by atomic mass is 35.5. The molecule has 3 aromatic rings. The Bertz CT molecular complexity index is 1580. The molecule has 3 rings (SSSR count). The van der Waals surface area contributed by atoms with Gasteiger partial charge in [-0.15, -0.1) is 0 Å². The molecule has 0 aliphatic heterocycles. The lowest BCUT2D eigenvalue weighted by molar-refractivity contribution is -0.384. The zero-order valence-corrected chi connectivity index (χ0v) is 26.6. The van der Waals surface area contributed by atoms with Crippen molar-refractivity contribution in [2.45, 2.75) is 39.8 Å². The van der Waals surface area contributed by atoms with E-state index in [1.54, 1.807) is 19.1 Å². The third-order valence-electron chi connectivity index (χ3n) is 6.66. The molecule has 0 aromatic heterocycles. The number of carbonyl (C=O) groups is 2. The average Bonchev–Trinajstić information content (AvgIpc) is 2.93. The standard InChI is InChI=1S/C30H34Cl2N4O6S/c1-20(2)17-33-30(38)28(14-22-8-6-5-7-9-22)34(18-23-11-12-24(31)15-26(23)32)29(37)19-35(43(4,41)42)27-16-25(36(39)40)13-10-21(27)3/h5-13,15-16,20,28H,14,17-19H2,1-4H3,(H,33,38)/t28-/m1/s1. The smallest absolute Gasteiger partial charge is 0.271 e. The topological polar surface area (TPSA) is 130 Å². The lowest BCUT2D eigenvalue weighted by atomic mass is 10.0. The van der Waals surface area contributed by atoms with E-state index in [1.165, 1.54) is 23.1 Å². The first-order valence-corrected chi connectivity index (χ1v) is 16.1. The molecule has 0 radical (unpaired) electrons. The van der Waals surface area contributed by atoms with Crippen LogP contribution in [0, 0.1) is 23.0 Å². The summed E-state index contributed by atoms with van der Waals surface area (Å²) in [4.78, 5) is 40.0. The summed E-state index contributed by atoms with van der Waals surface area (Å²) in [5, 5.41) is 15.0. The molecule has 0 saturated heterocycles. The number of carbonyl (C=O) groups excluding carboxylic acids is 2. The molecule has 0 fully saturated rings. The van der Waals surface area contributed by atoms with E-state index in [1.807, 2.05) is 44.2 Å². The molecule has 2 amide bonds. The van der Waals surface area contributed by atoms with Gasteiger partial charge in [-0.1, -0.05) is 79.5 Å². The quantitative estimate of drug-likeness (QED) is 0.195. The van der Waals surface area contributed by atoms with E-state index in [0.29, 0.717) is 22.7 Å². The van der Waals surface area contributed by atoms with Crippen molar-refractivity contribution in [1.29, 1.82) is 0 Å². The summed E-state index contributed by atoms with van der Waals surface area (Å²) in [6, 6.07) is 16.6. The van der Waals surface area contributed by atoms with Gasteiger partial charge in [0.05, 0.1) is 16.9 Å². The molecule has 1 atom stereocenters. The van der Waals surface area contributed by atoms with E-state index in [9.17, 15) is 28.1 Å². The van der Waals surface area contributed by atoms with E-state index < -0.39 is 39.3 Å². The fourth-order valence-corrected chi connectivity index (χ4v) is 5.75. The molecule has 10 nitrogen and oxygen atoms in total. The van der Waals surface area contributed by atoms with Crippen LogP contribution < -0.4 is 9.62 Å². The number of hydrogen-bond donors (Lipinski definition) is 1. The normalized spacial score (nSPS) is 12.1. The molecule has 3 aromatic carbocycles. The molecule has 0 unspecified atom stereocenters. The van der Waals surface area contributed by atoms with Gasteiger partial charge in [0.2, 0.25) is 21.8 Å². The largest absolute Gasteiger partial charge is 0.354 e. The van der Waals surface area contributed by atoms with Crippen LogP contribution in [-0.2, 0) is 32.6 Å². The van der Waals surface area contributed by atoms with Crippen LogP contribution in [0.15, 0.2) is 66.7 Å². The minimum atomic E-state index is -4.11. The molecule has 13 heteroatoms. The number of sulfonamides is 1. The van der Waals surface area contributed by atoms with Gasteiger partial charge in [0, 0.05) is 41.7 Å². The summed E-state index contributed by atoms with van der Waals surface area (Å²) < 4.78 is 26.9. The van der Waals surface area contributed by atoms with Crippen LogP contribution >= 0.6 is 23.2 Å². The highest BCUT2D eigenvalue weighted by molar-refractivity contribution is 7.92. The number of aryl methyl sites for hydroxylation is 1. The monoisotopic (exact) mass is 648 g/mol. The van der Waals surface area contributed by atoms with Gasteiger partial charge >= 0.3 is 0 Å². The minimum Gasteiger partial charge on any atom is -0.354 e. The Morgan fingerprint density at radius 3 is 2.28 bits per heavy atom. The molecule has 0 saturated carbocycles. The molecule has 0 aliphatic rings. The first-order chi connectivity index (χ1) is 20.2. The lowest BCUT2D eigenvalue weighted by Crippen LogP contribution is -2.53. The Balaban J connectivity index is 2.13. The van der Waals surface area contributed by atoms with Gasteiger partial charge in [-0.3, -0.25) is 24.0 Å². The predicted octanol–water partition coefficient (Wildman–Crippen LogP) is 5.39. The Morgan fingerprint density at radius 2 is 1.70 bits per heavy atom. The van der Waals surface area contributed by atoms with Gasteiger partial charge < -0.3 is 10.2 Å².